The van der Waals surface area contributed by atoms with Crippen molar-refractivity contribution >= 4 is 5.97 Å². The van der Waals surface area contributed by atoms with Gasteiger partial charge < -0.3 is 4.74 Å². The van der Waals surface area contributed by atoms with Crippen LogP contribution in [0.25, 0.3) is 0 Å². The van der Waals surface area contributed by atoms with Crippen LogP contribution in [-0.4, -0.2) is 31.0 Å². The van der Waals surface area contributed by atoms with Gasteiger partial charge in [0.05, 0.1) is 6.61 Å². The van der Waals surface area contributed by atoms with Gasteiger partial charge >= 0.3 is 17.7 Å². The lowest BCUT2D eigenvalue weighted by Gasteiger charge is -2.24. The molecule has 0 aliphatic carbocycles. The molecule has 0 aromatic carbocycles. The van der Waals surface area contributed by atoms with E-state index in [2.05, 4.69) is 21.1 Å². The standard InChI is InChI=1S/C8H9F3O4/c1-2-4-13-6(12)8(10,11)7(9)3-5-14-15-7/h2H,1,3-5H2. The monoisotopic (exact) mass is 226 g/mol. The van der Waals surface area contributed by atoms with E-state index < -0.39 is 30.8 Å². The summed E-state index contributed by atoms with van der Waals surface area (Å²) in [6, 6.07) is 0. The Morgan fingerprint density at radius 1 is 1.67 bits per heavy atom. The molecule has 0 N–H and O–H groups in total. The van der Waals surface area contributed by atoms with Gasteiger partial charge in [0.15, 0.2) is 0 Å². The zero-order valence-corrected chi connectivity index (χ0v) is 7.67. The molecule has 0 aromatic heterocycles. The Morgan fingerprint density at radius 3 is 2.80 bits per heavy atom. The van der Waals surface area contributed by atoms with Gasteiger partial charge in [0.1, 0.15) is 6.61 Å². The largest absolute Gasteiger partial charge is 0.457 e. The van der Waals surface area contributed by atoms with Crippen LogP contribution in [0.1, 0.15) is 6.42 Å². The van der Waals surface area contributed by atoms with Gasteiger partial charge in [0.2, 0.25) is 0 Å². The molecule has 1 aliphatic heterocycles. The molecule has 86 valence electrons. The molecule has 1 saturated heterocycles. The molecule has 1 atom stereocenters. The van der Waals surface area contributed by atoms with Crippen LogP contribution in [0.3, 0.4) is 0 Å². The zero-order chi connectivity index (χ0) is 11.5. The fraction of sp³-hybridized carbons (Fsp3) is 0.625. The lowest BCUT2D eigenvalue weighted by molar-refractivity contribution is -0.388. The third-order valence-corrected chi connectivity index (χ3v) is 1.76. The van der Waals surface area contributed by atoms with E-state index in [9.17, 15) is 18.0 Å². The summed E-state index contributed by atoms with van der Waals surface area (Å²) >= 11 is 0. The van der Waals surface area contributed by atoms with Crippen LogP contribution in [0.4, 0.5) is 13.2 Å². The van der Waals surface area contributed by atoms with Crippen LogP contribution >= 0.6 is 0 Å². The molecular formula is C8H9F3O4. The van der Waals surface area contributed by atoms with Gasteiger partial charge in [0.25, 0.3) is 0 Å². The normalized spacial score (nSPS) is 26.3. The predicted octanol–water partition coefficient (Wildman–Crippen LogP) is 1.37. The van der Waals surface area contributed by atoms with Crippen molar-refractivity contribution in [1.29, 1.82) is 0 Å². The number of hydrogen-bond acceptors (Lipinski definition) is 4. The maximum absolute atomic E-state index is 13.3. The molecule has 15 heavy (non-hydrogen) atoms. The van der Waals surface area contributed by atoms with Gasteiger partial charge in [-0.05, 0) is 0 Å². The minimum atomic E-state index is -4.40. The van der Waals surface area contributed by atoms with Crippen molar-refractivity contribution < 1.29 is 32.5 Å². The van der Waals surface area contributed by atoms with Crippen LogP contribution in [0.15, 0.2) is 12.7 Å². The first kappa shape index (κ1) is 12.0. The van der Waals surface area contributed by atoms with E-state index in [0.29, 0.717) is 0 Å². The lowest BCUT2D eigenvalue weighted by atomic mass is 10.1. The van der Waals surface area contributed by atoms with E-state index >= 15 is 0 Å². The molecule has 4 nitrogen and oxygen atoms in total. The number of halogens is 3. The quantitative estimate of drug-likeness (QED) is 0.412. The average molecular weight is 226 g/mol. The number of hydrogen-bond donors (Lipinski definition) is 0. The molecule has 1 heterocycles. The minimum absolute atomic E-state index is 0.346. The summed E-state index contributed by atoms with van der Waals surface area (Å²) in [6.45, 7) is 2.39. The van der Waals surface area contributed by atoms with Crippen LogP contribution in [0, 0.1) is 0 Å². The first-order valence-electron chi connectivity index (χ1n) is 4.09. The Balaban J connectivity index is 2.71. The summed E-state index contributed by atoms with van der Waals surface area (Å²) < 4.78 is 43.7. The van der Waals surface area contributed by atoms with Gasteiger partial charge in [-0.25, -0.2) is 14.1 Å². The second-order valence-electron chi connectivity index (χ2n) is 2.85. The van der Waals surface area contributed by atoms with Crippen molar-refractivity contribution in [2.24, 2.45) is 0 Å². The van der Waals surface area contributed by atoms with E-state index in [-0.39, 0.29) is 6.61 Å². The summed E-state index contributed by atoms with van der Waals surface area (Å²) in [7, 11) is 0. The molecule has 1 unspecified atom stereocenters. The Bertz CT molecular complexity index is 261. The summed E-state index contributed by atoms with van der Waals surface area (Å²) in [5, 5.41) is 0. The summed E-state index contributed by atoms with van der Waals surface area (Å²) in [5.41, 5.74) is 0. The van der Waals surface area contributed by atoms with E-state index in [0.717, 1.165) is 6.08 Å². The van der Waals surface area contributed by atoms with Gasteiger partial charge in [-0.15, -0.1) is 0 Å². The molecular weight excluding hydrogens is 217 g/mol. The number of carbonyl (C=O) groups excluding carboxylic acids is 1. The van der Waals surface area contributed by atoms with Crippen molar-refractivity contribution in [2.75, 3.05) is 13.2 Å². The molecule has 0 bridgehead atoms. The van der Waals surface area contributed by atoms with Crippen LogP contribution < -0.4 is 0 Å². The first-order chi connectivity index (χ1) is 6.94. The van der Waals surface area contributed by atoms with Crippen LogP contribution in [0.2, 0.25) is 0 Å². The van der Waals surface area contributed by atoms with E-state index in [1.165, 1.54) is 0 Å². The smallest absolute Gasteiger partial charge is 0.402 e. The van der Waals surface area contributed by atoms with Crippen LogP contribution in [0.5, 0.6) is 0 Å². The number of esters is 1. The fourth-order valence-corrected chi connectivity index (χ4v) is 0.937. The second-order valence-corrected chi connectivity index (χ2v) is 2.85. The second kappa shape index (κ2) is 4.19. The molecule has 0 aromatic rings. The highest BCUT2D eigenvalue weighted by Crippen LogP contribution is 2.40. The predicted molar refractivity (Wildman–Crippen MR) is 41.6 cm³/mol. The molecule has 1 aliphatic rings. The first-order valence-corrected chi connectivity index (χ1v) is 4.09. The van der Waals surface area contributed by atoms with E-state index in [1.807, 2.05) is 0 Å². The summed E-state index contributed by atoms with van der Waals surface area (Å²) in [6.07, 6.45) is 0.355. The molecule has 0 spiro atoms. The third kappa shape index (κ3) is 2.13. The molecule has 0 amide bonds. The third-order valence-electron chi connectivity index (χ3n) is 1.76. The Labute approximate surface area is 83.5 Å². The number of alkyl halides is 3. The highest BCUT2D eigenvalue weighted by molar-refractivity contribution is 5.79. The van der Waals surface area contributed by atoms with Crippen molar-refractivity contribution in [3.05, 3.63) is 12.7 Å². The molecule has 7 heteroatoms. The number of ether oxygens (including phenoxy) is 1. The Morgan fingerprint density at radius 2 is 2.33 bits per heavy atom. The maximum Gasteiger partial charge on any atom is 0.402 e. The number of carbonyl (C=O) groups is 1. The summed E-state index contributed by atoms with van der Waals surface area (Å²) in [4.78, 5) is 18.6. The Hall–Kier alpha value is -1.08. The van der Waals surface area contributed by atoms with Gasteiger partial charge in [0, 0.05) is 6.42 Å². The average Bonchev–Trinajstić information content (AvgIpc) is 2.63. The SMILES string of the molecule is C=CCOC(=O)C(F)(F)C1(F)CCOO1. The minimum Gasteiger partial charge on any atom is -0.457 e. The van der Waals surface area contributed by atoms with E-state index in [4.69, 9.17) is 0 Å². The topological polar surface area (TPSA) is 44.8 Å². The maximum atomic E-state index is 13.3. The van der Waals surface area contributed by atoms with Crippen molar-refractivity contribution in [2.45, 2.75) is 18.2 Å². The van der Waals surface area contributed by atoms with Gasteiger partial charge in [-0.3, -0.25) is 0 Å². The molecule has 0 saturated carbocycles. The zero-order valence-electron chi connectivity index (χ0n) is 7.67. The molecule has 1 fully saturated rings. The highest BCUT2D eigenvalue weighted by atomic mass is 19.3. The van der Waals surface area contributed by atoms with Gasteiger partial charge in [-0.2, -0.15) is 13.7 Å². The number of rotatable bonds is 4. The lowest BCUT2D eigenvalue weighted by Crippen LogP contribution is -2.50. The van der Waals surface area contributed by atoms with Crippen LogP contribution in [-0.2, 0) is 19.3 Å². The van der Waals surface area contributed by atoms with Gasteiger partial charge in [-0.1, -0.05) is 12.7 Å². The summed E-state index contributed by atoms with van der Waals surface area (Å²) in [5.74, 6) is -9.85. The van der Waals surface area contributed by atoms with Crippen molar-refractivity contribution in [3.63, 3.8) is 0 Å². The fourth-order valence-electron chi connectivity index (χ4n) is 0.937. The molecule has 0 radical (unpaired) electrons. The van der Waals surface area contributed by atoms with Crippen molar-refractivity contribution in [1.82, 2.24) is 0 Å². The molecule has 1 rings (SSSR count). The van der Waals surface area contributed by atoms with Crippen molar-refractivity contribution in [3.8, 4) is 0 Å². The van der Waals surface area contributed by atoms with E-state index in [1.54, 1.807) is 0 Å². The highest BCUT2D eigenvalue weighted by Gasteiger charge is 2.66. The Kier molecular flexibility index (Phi) is 3.35.